The van der Waals surface area contributed by atoms with E-state index in [1.54, 1.807) is 0 Å². The molecule has 0 aromatic heterocycles. The zero-order chi connectivity index (χ0) is 15.5. The fourth-order valence-electron chi connectivity index (χ4n) is 2.97. The van der Waals surface area contributed by atoms with E-state index >= 15 is 0 Å². The molecule has 114 valence electrons. The fraction of sp³-hybridized carbons (Fsp3) is 0.526. The molecule has 0 fully saturated rings. The molecule has 21 heavy (non-hydrogen) atoms. The first-order chi connectivity index (χ1) is 9.91. The highest BCUT2D eigenvalue weighted by Crippen LogP contribution is 2.33. The van der Waals surface area contributed by atoms with Gasteiger partial charge in [-0.2, -0.15) is 0 Å². The smallest absolute Gasteiger partial charge is 0.143 e. The number of carbonyl (C=O) groups excluding carboxylic acids is 1. The van der Waals surface area contributed by atoms with E-state index in [2.05, 4.69) is 36.4 Å². The molecule has 2 nitrogen and oxygen atoms in total. The minimum atomic E-state index is -0.472. The van der Waals surface area contributed by atoms with Crippen LogP contribution in [0.1, 0.15) is 39.7 Å². The van der Waals surface area contributed by atoms with Crippen molar-refractivity contribution in [3.63, 3.8) is 0 Å². The maximum absolute atomic E-state index is 12.4. The second-order valence-corrected chi connectivity index (χ2v) is 6.77. The summed E-state index contributed by atoms with van der Waals surface area (Å²) in [7, 11) is 0. The molecule has 0 saturated heterocycles. The Morgan fingerprint density at radius 2 is 1.95 bits per heavy atom. The van der Waals surface area contributed by atoms with Crippen LogP contribution in [0.3, 0.4) is 0 Å². The molecule has 2 atom stereocenters. The first-order valence-corrected chi connectivity index (χ1v) is 7.81. The molecule has 0 saturated carbocycles. The second kappa shape index (κ2) is 6.57. The van der Waals surface area contributed by atoms with Crippen LogP contribution in [-0.2, 0) is 16.0 Å². The van der Waals surface area contributed by atoms with Crippen LogP contribution in [-0.4, -0.2) is 18.0 Å². The predicted molar refractivity (Wildman–Crippen MR) is 86.2 cm³/mol. The lowest BCUT2D eigenvalue weighted by atomic mass is 9.76. The Balaban J connectivity index is 2.05. The van der Waals surface area contributed by atoms with E-state index in [4.69, 9.17) is 4.74 Å². The van der Waals surface area contributed by atoms with E-state index in [0.29, 0.717) is 0 Å². The Bertz CT molecular complexity index is 500. The molecule has 1 heterocycles. The molecular formula is C19H26O2. The minimum absolute atomic E-state index is 0.0338. The average Bonchev–Trinajstić information content (AvgIpc) is 2.47. The van der Waals surface area contributed by atoms with Gasteiger partial charge in [-0.25, -0.2) is 0 Å². The largest absolute Gasteiger partial charge is 0.369 e. The van der Waals surface area contributed by atoms with Crippen LogP contribution in [0.15, 0.2) is 42.5 Å². The highest BCUT2D eigenvalue weighted by atomic mass is 16.5. The van der Waals surface area contributed by atoms with Crippen molar-refractivity contribution in [2.45, 2.75) is 52.7 Å². The highest BCUT2D eigenvalue weighted by molar-refractivity contribution is 5.86. The van der Waals surface area contributed by atoms with E-state index in [-0.39, 0.29) is 23.9 Å². The third-order valence-electron chi connectivity index (χ3n) is 4.23. The lowest BCUT2D eigenvalue weighted by molar-refractivity contribution is -0.140. The molecule has 1 aliphatic heterocycles. The summed E-state index contributed by atoms with van der Waals surface area (Å²) >= 11 is 0. The molecule has 0 N–H and O–H groups in total. The third kappa shape index (κ3) is 3.82. The molecule has 2 rings (SSSR count). The molecule has 0 amide bonds. The zero-order valence-electron chi connectivity index (χ0n) is 13.5. The Labute approximate surface area is 128 Å². The Hall–Kier alpha value is -1.41. The maximum atomic E-state index is 12.4. The van der Waals surface area contributed by atoms with Gasteiger partial charge in [0.2, 0.25) is 0 Å². The van der Waals surface area contributed by atoms with E-state index in [9.17, 15) is 4.79 Å². The van der Waals surface area contributed by atoms with Gasteiger partial charge in [0.25, 0.3) is 0 Å². The van der Waals surface area contributed by atoms with Gasteiger partial charge in [0, 0.05) is 5.92 Å². The molecule has 1 aromatic rings. The molecule has 0 aliphatic carbocycles. The van der Waals surface area contributed by atoms with Crippen LogP contribution in [0.5, 0.6) is 0 Å². The summed E-state index contributed by atoms with van der Waals surface area (Å²) in [5.41, 5.74) is 0.810. The van der Waals surface area contributed by atoms with Crippen molar-refractivity contribution in [2.24, 2.45) is 11.3 Å². The molecule has 0 unspecified atom stereocenters. The monoisotopic (exact) mass is 286 g/mol. The van der Waals surface area contributed by atoms with Gasteiger partial charge in [-0.1, -0.05) is 70.2 Å². The van der Waals surface area contributed by atoms with Crippen molar-refractivity contribution in [3.8, 4) is 0 Å². The zero-order valence-corrected chi connectivity index (χ0v) is 13.5. The van der Waals surface area contributed by atoms with Gasteiger partial charge in [0.05, 0.1) is 17.6 Å². The summed E-state index contributed by atoms with van der Waals surface area (Å²) in [4.78, 5) is 12.4. The van der Waals surface area contributed by atoms with E-state index in [0.717, 1.165) is 12.8 Å². The van der Waals surface area contributed by atoms with Gasteiger partial charge >= 0.3 is 0 Å². The number of Topliss-reactive ketones (excluding diaryl/α,β-unsaturated/α-hetero) is 1. The van der Waals surface area contributed by atoms with Crippen molar-refractivity contribution < 1.29 is 9.53 Å². The maximum Gasteiger partial charge on any atom is 0.143 e. The second-order valence-electron chi connectivity index (χ2n) is 6.77. The van der Waals surface area contributed by atoms with Crippen LogP contribution >= 0.6 is 0 Å². The van der Waals surface area contributed by atoms with Gasteiger partial charge in [0.1, 0.15) is 5.78 Å². The first kappa shape index (κ1) is 16.0. The number of carbonyl (C=O) groups is 1. The number of hydrogen-bond donors (Lipinski definition) is 0. The summed E-state index contributed by atoms with van der Waals surface area (Å²) in [6.45, 7) is 7.90. The number of rotatable bonds is 5. The lowest BCUT2D eigenvalue weighted by Crippen LogP contribution is -2.43. The normalized spacial score (nSPS) is 22.5. The molecular weight excluding hydrogens is 260 g/mol. The molecule has 1 aromatic carbocycles. The summed E-state index contributed by atoms with van der Waals surface area (Å²) in [6, 6.07) is 10.4. The summed E-state index contributed by atoms with van der Waals surface area (Å²) in [5, 5.41) is 0. The summed E-state index contributed by atoms with van der Waals surface area (Å²) in [6.07, 6.45) is 6.06. The van der Waals surface area contributed by atoms with Crippen LogP contribution in [0.2, 0.25) is 0 Å². The third-order valence-corrected chi connectivity index (χ3v) is 4.23. The van der Waals surface area contributed by atoms with E-state index < -0.39 is 5.41 Å². The molecule has 1 aliphatic rings. The highest BCUT2D eigenvalue weighted by Gasteiger charge is 2.39. The molecule has 0 radical (unpaired) electrons. The van der Waals surface area contributed by atoms with Gasteiger partial charge in [0.15, 0.2) is 0 Å². The van der Waals surface area contributed by atoms with Gasteiger partial charge in [-0.3, -0.25) is 4.79 Å². The number of ether oxygens (including phenoxy) is 1. The fourth-order valence-corrected chi connectivity index (χ4v) is 2.97. The Morgan fingerprint density at radius 1 is 1.29 bits per heavy atom. The number of ketones is 1. The van der Waals surface area contributed by atoms with Gasteiger partial charge in [-0.15, -0.1) is 0 Å². The van der Waals surface area contributed by atoms with E-state index in [1.807, 2.05) is 33.8 Å². The van der Waals surface area contributed by atoms with E-state index in [1.165, 1.54) is 5.56 Å². The summed E-state index contributed by atoms with van der Waals surface area (Å²) < 4.78 is 6.22. The number of benzene rings is 1. The minimum Gasteiger partial charge on any atom is -0.369 e. The van der Waals surface area contributed by atoms with Crippen LogP contribution in [0, 0.1) is 11.3 Å². The van der Waals surface area contributed by atoms with Gasteiger partial charge in [-0.05, 0) is 18.4 Å². The molecule has 2 heteroatoms. The van der Waals surface area contributed by atoms with Crippen molar-refractivity contribution in [1.29, 1.82) is 0 Å². The first-order valence-electron chi connectivity index (χ1n) is 7.81. The predicted octanol–water partition coefficient (Wildman–Crippen LogP) is 4.19. The van der Waals surface area contributed by atoms with Crippen molar-refractivity contribution >= 4 is 5.78 Å². The van der Waals surface area contributed by atoms with Crippen LogP contribution < -0.4 is 0 Å². The SMILES string of the molecule is CC(C)C(=O)C(C)(C)[C@H]1C=CC[C@@H](Cc2ccccc2)O1. The summed E-state index contributed by atoms with van der Waals surface area (Å²) in [5.74, 6) is 0.295. The van der Waals surface area contributed by atoms with Crippen LogP contribution in [0.4, 0.5) is 0 Å². The quantitative estimate of drug-likeness (QED) is 0.758. The lowest BCUT2D eigenvalue weighted by Gasteiger charge is -2.37. The van der Waals surface area contributed by atoms with Crippen molar-refractivity contribution in [2.75, 3.05) is 0 Å². The molecule has 0 spiro atoms. The number of hydrogen-bond acceptors (Lipinski definition) is 2. The standard InChI is InChI=1S/C19H26O2/c1-14(2)18(20)19(3,4)17-12-8-11-16(21-17)13-15-9-6-5-7-10-15/h5-10,12,14,16-17H,11,13H2,1-4H3/t16-,17+/m0/s1. The van der Waals surface area contributed by atoms with Crippen molar-refractivity contribution in [3.05, 3.63) is 48.0 Å². The topological polar surface area (TPSA) is 26.3 Å². The Kier molecular flexibility index (Phi) is 5.00. The molecule has 0 bridgehead atoms. The van der Waals surface area contributed by atoms with Gasteiger partial charge < -0.3 is 4.74 Å². The average molecular weight is 286 g/mol. The Morgan fingerprint density at radius 3 is 2.57 bits per heavy atom. The van der Waals surface area contributed by atoms with Crippen LogP contribution in [0.25, 0.3) is 0 Å². The van der Waals surface area contributed by atoms with Crippen molar-refractivity contribution in [1.82, 2.24) is 0 Å².